The Hall–Kier alpha value is -4.00. The number of hydrogen-bond acceptors (Lipinski definition) is 2. The summed E-state index contributed by atoms with van der Waals surface area (Å²) in [5.74, 6) is 0. The third kappa shape index (κ3) is 4.04. The molecule has 174 valence electrons. The Balaban J connectivity index is 1.65. The van der Waals surface area contributed by atoms with Crippen LogP contribution in [-0.2, 0) is 4.57 Å². The number of fused-ring (bicyclic) bond motifs is 3. The first-order valence-electron chi connectivity index (χ1n) is 12.1. The average Bonchev–Trinajstić information content (AvgIpc) is 2.92. The van der Waals surface area contributed by atoms with E-state index in [-0.39, 0.29) is 0 Å². The molecule has 1 heterocycles. The Morgan fingerprint density at radius 2 is 1.19 bits per heavy atom. The van der Waals surface area contributed by atoms with Crippen LogP contribution in [0.2, 0.25) is 0 Å². The SMILES string of the molecule is CP(C)(=O)c1ccc(-c2ccc3nc(-c4ccccc4)c4cccc(-c5ccccc5)c4c3c2)cc1. The standard InChI is InChI=1S/C33H26NOP/c1-36(2,35)27-19-16-23(17-20-27)26-18-21-31-30(22-26)32-28(24-10-5-3-6-11-24)14-9-15-29(32)33(34-31)25-12-7-4-8-13-25/h3-22H,1-2H3. The molecule has 36 heavy (non-hydrogen) atoms. The third-order valence-electron chi connectivity index (χ3n) is 6.77. The second-order valence-corrected chi connectivity index (χ2v) is 12.8. The van der Waals surface area contributed by atoms with Gasteiger partial charge in [-0.3, -0.25) is 0 Å². The molecule has 0 saturated carbocycles. The quantitative estimate of drug-likeness (QED) is 0.186. The molecule has 0 aliphatic rings. The van der Waals surface area contributed by atoms with Gasteiger partial charge in [-0.1, -0.05) is 109 Å². The fourth-order valence-electron chi connectivity index (χ4n) is 4.92. The summed E-state index contributed by atoms with van der Waals surface area (Å²) in [5, 5.41) is 4.37. The molecular weight excluding hydrogens is 457 g/mol. The Morgan fingerprint density at radius 1 is 0.556 bits per heavy atom. The van der Waals surface area contributed by atoms with E-state index in [2.05, 4.69) is 103 Å². The van der Waals surface area contributed by atoms with Crippen LogP contribution in [0, 0.1) is 0 Å². The lowest BCUT2D eigenvalue weighted by Crippen LogP contribution is -2.01. The fourth-order valence-corrected chi connectivity index (χ4v) is 5.79. The van der Waals surface area contributed by atoms with Crippen LogP contribution in [0.25, 0.3) is 55.2 Å². The van der Waals surface area contributed by atoms with Crippen molar-refractivity contribution in [1.82, 2.24) is 4.98 Å². The van der Waals surface area contributed by atoms with E-state index in [1.807, 2.05) is 31.5 Å². The second-order valence-electron chi connectivity index (χ2n) is 9.55. The highest BCUT2D eigenvalue weighted by Gasteiger charge is 2.16. The van der Waals surface area contributed by atoms with Crippen LogP contribution in [0.4, 0.5) is 0 Å². The molecule has 0 aliphatic heterocycles. The number of pyridine rings is 1. The zero-order valence-corrected chi connectivity index (χ0v) is 21.2. The molecule has 6 rings (SSSR count). The molecule has 6 aromatic rings. The van der Waals surface area contributed by atoms with Gasteiger partial charge in [0.05, 0.1) is 11.2 Å². The molecule has 0 unspecified atom stereocenters. The summed E-state index contributed by atoms with van der Waals surface area (Å²) in [6, 6.07) is 42.1. The van der Waals surface area contributed by atoms with E-state index in [4.69, 9.17) is 4.98 Å². The zero-order valence-electron chi connectivity index (χ0n) is 20.3. The van der Waals surface area contributed by atoms with Crippen molar-refractivity contribution < 1.29 is 4.57 Å². The highest BCUT2D eigenvalue weighted by molar-refractivity contribution is 7.70. The lowest BCUT2D eigenvalue weighted by molar-refractivity contribution is 0.588. The average molecular weight is 484 g/mol. The number of benzene rings is 5. The first kappa shape index (κ1) is 22.5. The minimum Gasteiger partial charge on any atom is -0.319 e. The molecule has 2 nitrogen and oxygen atoms in total. The Morgan fingerprint density at radius 3 is 1.86 bits per heavy atom. The molecule has 0 fully saturated rings. The molecule has 1 aromatic heterocycles. The minimum atomic E-state index is -2.29. The van der Waals surface area contributed by atoms with Gasteiger partial charge < -0.3 is 4.57 Å². The van der Waals surface area contributed by atoms with E-state index in [1.54, 1.807) is 0 Å². The van der Waals surface area contributed by atoms with Gasteiger partial charge >= 0.3 is 0 Å². The fraction of sp³-hybridized carbons (Fsp3) is 0.0606. The lowest BCUT2D eigenvalue weighted by Gasteiger charge is -2.15. The number of aromatic nitrogens is 1. The molecule has 0 spiro atoms. The van der Waals surface area contributed by atoms with Crippen molar-refractivity contribution in [3.8, 4) is 33.5 Å². The summed E-state index contributed by atoms with van der Waals surface area (Å²) in [7, 11) is -2.29. The predicted octanol–water partition coefficient (Wildman–Crippen LogP) is 8.64. The number of nitrogens with zero attached hydrogens (tertiary/aromatic N) is 1. The number of rotatable bonds is 4. The highest BCUT2D eigenvalue weighted by Crippen LogP contribution is 2.40. The maximum atomic E-state index is 12.5. The van der Waals surface area contributed by atoms with Crippen molar-refractivity contribution in [2.24, 2.45) is 0 Å². The smallest absolute Gasteiger partial charge is 0.109 e. The molecule has 5 aromatic carbocycles. The third-order valence-corrected chi connectivity index (χ3v) is 8.31. The lowest BCUT2D eigenvalue weighted by atomic mass is 9.91. The summed E-state index contributed by atoms with van der Waals surface area (Å²) >= 11 is 0. The van der Waals surface area contributed by atoms with Crippen LogP contribution in [0.15, 0.2) is 121 Å². The molecule has 0 bridgehead atoms. The van der Waals surface area contributed by atoms with Crippen molar-refractivity contribution in [3.63, 3.8) is 0 Å². The zero-order chi connectivity index (χ0) is 24.7. The van der Waals surface area contributed by atoms with Gasteiger partial charge in [0.1, 0.15) is 7.14 Å². The van der Waals surface area contributed by atoms with Gasteiger partial charge in [-0.05, 0) is 47.7 Å². The van der Waals surface area contributed by atoms with E-state index >= 15 is 0 Å². The maximum absolute atomic E-state index is 12.5. The Kier molecular flexibility index (Phi) is 5.55. The van der Waals surface area contributed by atoms with E-state index in [0.29, 0.717) is 0 Å². The van der Waals surface area contributed by atoms with Gasteiger partial charge in [-0.25, -0.2) is 4.98 Å². The van der Waals surface area contributed by atoms with E-state index in [0.717, 1.165) is 44.0 Å². The van der Waals surface area contributed by atoms with Crippen molar-refractivity contribution in [3.05, 3.63) is 121 Å². The molecule has 0 saturated heterocycles. The van der Waals surface area contributed by atoms with Crippen LogP contribution in [-0.4, -0.2) is 18.3 Å². The van der Waals surface area contributed by atoms with Gasteiger partial charge in [0.2, 0.25) is 0 Å². The minimum absolute atomic E-state index is 0.901. The van der Waals surface area contributed by atoms with Crippen molar-refractivity contribution in [2.45, 2.75) is 0 Å². The van der Waals surface area contributed by atoms with Crippen LogP contribution >= 0.6 is 7.14 Å². The Labute approximate surface area is 211 Å². The van der Waals surface area contributed by atoms with Gasteiger partial charge in [-0.15, -0.1) is 0 Å². The topological polar surface area (TPSA) is 30.0 Å². The predicted molar refractivity (Wildman–Crippen MR) is 155 cm³/mol. The van der Waals surface area contributed by atoms with Crippen LogP contribution in [0.3, 0.4) is 0 Å². The van der Waals surface area contributed by atoms with Crippen LogP contribution < -0.4 is 5.30 Å². The van der Waals surface area contributed by atoms with Crippen molar-refractivity contribution in [1.29, 1.82) is 0 Å². The first-order valence-corrected chi connectivity index (χ1v) is 14.7. The van der Waals surface area contributed by atoms with Crippen LogP contribution in [0.1, 0.15) is 0 Å². The summed E-state index contributed by atoms with van der Waals surface area (Å²) in [5.41, 5.74) is 7.68. The number of hydrogen-bond donors (Lipinski definition) is 0. The van der Waals surface area contributed by atoms with Crippen molar-refractivity contribution >= 4 is 34.1 Å². The second kappa shape index (κ2) is 8.90. The molecular formula is C33H26NOP. The van der Waals surface area contributed by atoms with Gasteiger partial charge in [0.15, 0.2) is 0 Å². The summed E-state index contributed by atoms with van der Waals surface area (Å²) in [6.07, 6.45) is 0. The normalized spacial score (nSPS) is 11.7. The van der Waals surface area contributed by atoms with E-state index in [9.17, 15) is 4.57 Å². The maximum Gasteiger partial charge on any atom is 0.109 e. The van der Waals surface area contributed by atoms with Gasteiger partial charge in [0.25, 0.3) is 0 Å². The highest BCUT2D eigenvalue weighted by atomic mass is 31.2. The monoisotopic (exact) mass is 483 g/mol. The summed E-state index contributed by atoms with van der Waals surface area (Å²) in [4.78, 5) is 5.15. The van der Waals surface area contributed by atoms with Gasteiger partial charge in [-0.2, -0.15) is 0 Å². The summed E-state index contributed by atoms with van der Waals surface area (Å²) < 4.78 is 12.5. The molecule has 0 amide bonds. The molecule has 0 aliphatic carbocycles. The first-order chi connectivity index (χ1) is 17.5. The van der Waals surface area contributed by atoms with E-state index in [1.165, 1.54) is 16.5 Å². The largest absolute Gasteiger partial charge is 0.319 e. The molecule has 0 radical (unpaired) electrons. The summed E-state index contributed by atoms with van der Waals surface area (Å²) in [6.45, 7) is 3.62. The van der Waals surface area contributed by atoms with Crippen molar-refractivity contribution in [2.75, 3.05) is 13.3 Å². The van der Waals surface area contributed by atoms with E-state index < -0.39 is 7.14 Å². The molecule has 3 heteroatoms. The Bertz CT molecular complexity index is 1750. The molecule has 0 atom stereocenters. The molecule has 0 N–H and O–H groups in total. The van der Waals surface area contributed by atoms with Gasteiger partial charge in [0, 0.05) is 27.0 Å². The van der Waals surface area contributed by atoms with Crippen LogP contribution in [0.5, 0.6) is 0 Å².